The van der Waals surface area contributed by atoms with Crippen LogP contribution in [0.5, 0.6) is 0 Å². The van der Waals surface area contributed by atoms with Gasteiger partial charge in [0.25, 0.3) is 0 Å². The molecule has 0 aromatic carbocycles. The third-order valence-electron chi connectivity index (χ3n) is 3.99. The lowest BCUT2D eigenvalue weighted by Crippen LogP contribution is -2.57. The van der Waals surface area contributed by atoms with Crippen LogP contribution in [0.4, 0.5) is 0 Å². The summed E-state index contributed by atoms with van der Waals surface area (Å²) in [6.45, 7) is -1.99. The minimum absolute atomic E-state index is 0. The number of nitrogens with zero attached hydrogens (tertiary/aromatic N) is 2. The molecular weight excluding hydrogens is 340 g/mol. The Morgan fingerprint density at radius 2 is 0.880 bits per heavy atom. The summed E-state index contributed by atoms with van der Waals surface area (Å²) in [5, 5.41) is 36.0. The summed E-state index contributed by atoms with van der Waals surface area (Å²) in [5.74, 6) is -4.76. The van der Waals surface area contributed by atoms with Crippen LogP contribution in [0.1, 0.15) is 25.7 Å². The maximum atomic E-state index is 11.0. The van der Waals surface area contributed by atoms with Gasteiger partial charge in [-0.1, -0.05) is 12.8 Å². The molecule has 0 aliphatic heterocycles. The molecule has 1 aliphatic carbocycles. The van der Waals surface area contributed by atoms with Crippen LogP contribution >= 0.6 is 0 Å². The van der Waals surface area contributed by atoms with Crippen molar-refractivity contribution in [2.24, 2.45) is 0 Å². The van der Waals surface area contributed by atoms with E-state index in [0.717, 1.165) is 12.8 Å². The summed E-state index contributed by atoms with van der Waals surface area (Å²) in [6, 6.07) is -1.05. The van der Waals surface area contributed by atoms with E-state index in [-0.39, 0.29) is 5.48 Å². The van der Waals surface area contributed by atoms with Gasteiger partial charge in [0.05, 0.1) is 26.2 Å². The Morgan fingerprint density at radius 1 is 0.640 bits per heavy atom. The normalized spacial score (nSPS) is 20.1. The van der Waals surface area contributed by atoms with E-state index in [1.54, 1.807) is 0 Å². The van der Waals surface area contributed by atoms with Gasteiger partial charge in [-0.3, -0.25) is 29.0 Å². The quantitative estimate of drug-likeness (QED) is 0.352. The average Bonchev–Trinajstić information content (AvgIpc) is 2.44. The highest BCUT2D eigenvalue weighted by Crippen LogP contribution is 2.27. The lowest BCUT2D eigenvalue weighted by atomic mass is 9.87. The minimum Gasteiger partial charge on any atom is -0.480 e. The highest BCUT2D eigenvalue weighted by molar-refractivity contribution is 5.73. The van der Waals surface area contributed by atoms with E-state index in [0.29, 0.717) is 12.8 Å². The van der Waals surface area contributed by atoms with Crippen molar-refractivity contribution in [3.8, 4) is 0 Å². The summed E-state index contributed by atoms with van der Waals surface area (Å²) >= 11 is 0. The summed E-state index contributed by atoms with van der Waals surface area (Å²) in [4.78, 5) is 46.7. The van der Waals surface area contributed by atoms with Crippen LogP contribution < -0.4 is 0 Å². The monoisotopic (exact) mass is 364 g/mol. The van der Waals surface area contributed by atoms with E-state index in [2.05, 4.69) is 0 Å². The SMILES string of the molecule is O.O=C(O)CN(CC(=O)O)C1CCCCC1N(CC(=O)O)CC(=O)O. The van der Waals surface area contributed by atoms with Gasteiger partial charge in [0.15, 0.2) is 0 Å². The number of hydrogen-bond acceptors (Lipinski definition) is 6. The molecule has 0 spiro atoms. The van der Waals surface area contributed by atoms with Crippen molar-refractivity contribution < 1.29 is 45.1 Å². The maximum Gasteiger partial charge on any atom is 0.317 e. The van der Waals surface area contributed by atoms with Gasteiger partial charge in [0, 0.05) is 12.1 Å². The molecule has 25 heavy (non-hydrogen) atoms. The van der Waals surface area contributed by atoms with Crippen LogP contribution in [0.2, 0.25) is 0 Å². The molecule has 11 heteroatoms. The van der Waals surface area contributed by atoms with E-state index in [9.17, 15) is 19.2 Å². The second kappa shape index (κ2) is 10.6. The van der Waals surface area contributed by atoms with Crippen LogP contribution in [0.25, 0.3) is 0 Å². The van der Waals surface area contributed by atoms with Crippen LogP contribution in [-0.2, 0) is 19.2 Å². The Kier molecular flexibility index (Phi) is 9.64. The molecule has 0 heterocycles. The van der Waals surface area contributed by atoms with Gasteiger partial charge in [-0.15, -0.1) is 0 Å². The molecule has 11 nitrogen and oxygen atoms in total. The fraction of sp³-hybridized carbons (Fsp3) is 0.714. The standard InChI is InChI=1S/C14H22N2O8.H2O/c17-11(18)5-15(6-12(19)20)9-3-1-2-4-10(9)16(7-13(21)22)8-14(23)24;/h9-10H,1-8H2,(H,17,18)(H,19,20)(H,21,22)(H,23,24);1H2. The average molecular weight is 364 g/mol. The summed E-state index contributed by atoms with van der Waals surface area (Å²) < 4.78 is 0. The Labute approximate surface area is 143 Å². The molecule has 1 fully saturated rings. The number of rotatable bonds is 10. The molecule has 144 valence electrons. The number of carboxylic acid groups (broad SMARTS) is 4. The fourth-order valence-electron chi connectivity index (χ4n) is 3.22. The topological polar surface area (TPSA) is 187 Å². The van der Waals surface area contributed by atoms with Gasteiger partial charge in [0.1, 0.15) is 0 Å². The zero-order chi connectivity index (χ0) is 18.3. The van der Waals surface area contributed by atoms with Gasteiger partial charge in [-0.25, -0.2) is 0 Å². The van der Waals surface area contributed by atoms with Crippen molar-refractivity contribution in [3.63, 3.8) is 0 Å². The van der Waals surface area contributed by atoms with Crippen LogP contribution in [0, 0.1) is 0 Å². The smallest absolute Gasteiger partial charge is 0.317 e. The van der Waals surface area contributed by atoms with Gasteiger partial charge < -0.3 is 25.9 Å². The third-order valence-corrected chi connectivity index (χ3v) is 3.99. The molecule has 2 atom stereocenters. The number of hydrogen-bond donors (Lipinski definition) is 4. The number of carboxylic acids is 4. The summed E-state index contributed by atoms with van der Waals surface area (Å²) in [7, 11) is 0. The lowest BCUT2D eigenvalue weighted by Gasteiger charge is -2.43. The molecule has 6 N–H and O–H groups in total. The van der Waals surface area contributed by atoms with Crippen molar-refractivity contribution in [2.45, 2.75) is 37.8 Å². The third kappa shape index (κ3) is 7.92. The Bertz CT molecular complexity index is 421. The molecule has 0 amide bonds. The molecule has 2 unspecified atom stereocenters. The van der Waals surface area contributed by atoms with E-state index in [4.69, 9.17) is 20.4 Å². The Morgan fingerprint density at radius 3 is 1.08 bits per heavy atom. The Hall–Kier alpha value is -2.24. The molecular formula is C14H24N2O9. The molecule has 0 aromatic heterocycles. The first-order valence-electron chi connectivity index (χ1n) is 7.56. The molecule has 0 radical (unpaired) electrons. The minimum atomic E-state index is -1.19. The van der Waals surface area contributed by atoms with E-state index >= 15 is 0 Å². The van der Waals surface area contributed by atoms with Crippen LogP contribution in [0.15, 0.2) is 0 Å². The largest absolute Gasteiger partial charge is 0.480 e. The second-order valence-electron chi connectivity index (χ2n) is 5.80. The molecule has 1 saturated carbocycles. The molecule has 0 saturated heterocycles. The van der Waals surface area contributed by atoms with Crippen molar-refractivity contribution in [1.29, 1.82) is 0 Å². The van der Waals surface area contributed by atoms with Crippen LogP contribution in [0.3, 0.4) is 0 Å². The van der Waals surface area contributed by atoms with Gasteiger partial charge in [-0.2, -0.15) is 0 Å². The van der Waals surface area contributed by atoms with E-state index in [1.165, 1.54) is 9.80 Å². The van der Waals surface area contributed by atoms with E-state index < -0.39 is 62.1 Å². The van der Waals surface area contributed by atoms with Crippen molar-refractivity contribution in [1.82, 2.24) is 9.80 Å². The molecule has 0 bridgehead atoms. The highest BCUT2D eigenvalue weighted by atomic mass is 16.4. The van der Waals surface area contributed by atoms with Gasteiger partial charge in [0.2, 0.25) is 0 Å². The van der Waals surface area contributed by atoms with Crippen molar-refractivity contribution in [3.05, 3.63) is 0 Å². The number of carbonyl (C=O) groups is 4. The highest BCUT2D eigenvalue weighted by Gasteiger charge is 2.37. The summed E-state index contributed by atoms with van der Waals surface area (Å²) in [5.41, 5.74) is 0. The first-order valence-corrected chi connectivity index (χ1v) is 7.56. The number of aliphatic carboxylic acids is 4. The molecule has 1 aliphatic rings. The van der Waals surface area contributed by atoms with E-state index in [1.807, 2.05) is 0 Å². The van der Waals surface area contributed by atoms with Gasteiger partial charge >= 0.3 is 23.9 Å². The predicted molar refractivity (Wildman–Crippen MR) is 83.3 cm³/mol. The first kappa shape index (κ1) is 22.8. The fourth-order valence-corrected chi connectivity index (χ4v) is 3.22. The molecule has 1 rings (SSSR count). The second-order valence-corrected chi connectivity index (χ2v) is 5.80. The van der Waals surface area contributed by atoms with Crippen molar-refractivity contribution in [2.75, 3.05) is 26.2 Å². The van der Waals surface area contributed by atoms with Gasteiger partial charge in [-0.05, 0) is 12.8 Å². The Balaban J connectivity index is 0.00000576. The molecule has 0 aromatic rings. The zero-order valence-corrected chi connectivity index (χ0v) is 13.6. The first-order chi connectivity index (χ1) is 11.2. The lowest BCUT2D eigenvalue weighted by molar-refractivity contribution is -0.149. The maximum absolute atomic E-state index is 11.0. The van der Waals surface area contributed by atoms with Crippen molar-refractivity contribution >= 4 is 23.9 Å². The van der Waals surface area contributed by atoms with Crippen LogP contribution in [-0.4, -0.2) is 97.8 Å². The predicted octanol–water partition coefficient (Wildman–Crippen LogP) is -1.58. The summed E-state index contributed by atoms with van der Waals surface area (Å²) in [6.07, 6.45) is 2.46. The zero-order valence-electron chi connectivity index (χ0n) is 13.6.